The van der Waals surface area contributed by atoms with Crippen LogP contribution in [-0.4, -0.2) is 44.4 Å². The molecule has 4 rings (SSSR count). The molecule has 1 unspecified atom stereocenters. The van der Waals surface area contributed by atoms with Crippen molar-refractivity contribution in [3.8, 4) is 0 Å². The Bertz CT molecular complexity index is 1090. The van der Waals surface area contributed by atoms with Crippen LogP contribution in [0.3, 0.4) is 0 Å². The smallest absolute Gasteiger partial charge is 0.227 e. The SMILES string of the molecule is C=C1C[C@@H]2c3cccc4c3c(c([Si](C)(C)C)n4C(C)=O)C[C@H]2N(S(=O)C(C)(C)C)C1. The van der Waals surface area contributed by atoms with Crippen LogP contribution in [0.1, 0.15) is 56.0 Å². The monoisotopic (exact) mass is 442 g/mol. The molecule has 0 amide bonds. The van der Waals surface area contributed by atoms with Gasteiger partial charge in [-0.3, -0.25) is 9.36 Å². The number of carbonyl (C=O) groups excluding carboxylic acids is 1. The van der Waals surface area contributed by atoms with Gasteiger partial charge in [-0.15, -0.1) is 0 Å². The first-order chi connectivity index (χ1) is 13.8. The number of aromatic nitrogens is 1. The summed E-state index contributed by atoms with van der Waals surface area (Å²) in [5.41, 5.74) is 4.81. The van der Waals surface area contributed by atoms with Gasteiger partial charge in [0.15, 0.2) is 0 Å². The number of carbonyl (C=O) groups is 1. The minimum atomic E-state index is -1.80. The van der Waals surface area contributed by atoms with Gasteiger partial charge in [-0.2, -0.15) is 0 Å². The van der Waals surface area contributed by atoms with E-state index in [0.29, 0.717) is 6.54 Å². The number of hydrogen-bond donors (Lipinski definition) is 0. The van der Waals surface area contributed by atoms with E-state index in [-0.39, 0.29) is 22.6 Å². The van der Waals surface area contributed by atoms with Gasteiger partial charge in [0.05, 0.1) is 18.3 Å². The van der Waals surface area contributed by atoms with E-state index in [1.807, 2.05) is 25.3 Å². The molecular formula is C24H34N2O2SSi. The molecule has 30 heavy (non-hydrogen) atoms. The highest BCUT2D eigenvalue weighted by molar-refractivity contribution is 7.84. The Morgan fingerprint density at radius 3 is 2.43 bits per heavy atom. The molecule has 0 spiro atoms. The molecule has 162 valence electrons. The normalized spacial score (nSPS) is 23.5. The zero-order valence-electron chi connectivity index (χ0n) is 19.3. The molecule has 2 heterocycles. The summed E-state index contributed by atoms with van der Waals surface area (Å²) in [6.07, 6.45) is 1.78. The molecule has 0 radical (unpaired) electrons. The molecule has 2 aromatic rings. The van der Waals surface area contributed by atoms with Crippen molar-refractivity contribution in [2.24, 2.45) is 0 Å². The Morgan fingerprint density at radius 1 is 1.20 bits per heavy atom. The fraction of sp³-hybridized carbons (Fsp3) is 0.542. The number of fused-ring (bicyclic) bond motifs is 2. The Balaban J connectivity index is 1.99. The van der Waals surface area contributed by atoms with E-state index in [2.05, 4.69) is 48.7 Å². The van der Waals surface area contributed by atoms with Gasteiger partial charge in [0.25, 0.3) is 0 Å². The summed E-state index contributed by atoms with van der Waals surface area (Å²) < 4.78 is 17.4. The first-order valence-electron chi connectivity index (χ1n) is 10.8. The zero-order valence-corrected chi connectivity index (χ0v) is 21.2. The average Bonchev–Trinajstić information content (AvgIpc) is 2.96. The van der Waals surface area contributed by atoms with Crippen LogP contribution in [0, 0.1) is 0 Å². The third kappa shape index (κ3) is 3.28. The summed E-state index contributed by atoms with van der Waals surface area (Å²) >= 11 is 0. The zero-order chi connectivity index (χ0) is 22.2. The molecule has 3 atom stereocenters. The topological polar surface area (TPSA) is 42.3 Å². The van der Waals surface area contributed by atoms with Crippen LogP contribution in [0.2, 0.25) is 19.6 Å². The number of hydrogen-bond acceptors (Lipinski definition) is 2. The second-order valence-corrected chi connectivity index (χ2v) is 18.1. The summed E-state index contributed by atoms with van der Waals surface area (Å²) in [5, 5.41) is 2.50. The summed E-state index contributed by atoms with van der Waals surface area (Å²) in [5.74, 6) is 0.358. The Hall–Kier alpha value is -1.50. The lowest BCUT2D eigenvalue weighted by Gasteiger charge is -2.46. The van der Waals surface area contributed by atoms with Gasteiger partial charge in [-0.1, -0.05) is 43.9 Å². The molecule has 1 aliphatic carbocycles. The molecule has 0 saturated carbocycles. The van der Waals surface area contributed by atoms with Crippen molar-refractivity contribution in [3.05, 3.63) is 41.5 Å². The molecule has 0 N–H and O–H groups in total. The molecule has 1 fully saturated rings. The van der Waals surface area contributed by atoms with Gasteiger partial charge in [0.2, 0.25) is 5.91 Å². The predicted octanol–water partition coefficient (Wildman–Crippen LogP) is 4.58. The van der Waals surface area contributed by atoms with Crippen molar-refractivity contribution in [3.63, 3.8) is 0 Å². The molecule has 1 aromatic heterocycles. The van der Waals surface area contributed by atoms with Crippen molar-refractivity contribution in [1.82, 2.24) is 8.87 Å². The predicted molar refractivity (Wildman–Crippen MR) is 130 cm³/mol. The van der Waals surface area contributed by atoms with Gasteiger partial charge < -0.3 is 0 Å². The van der Waals surface area contributed by atoms with E-state index < -0.39 is 19.1 Å². The minimum absolute atomic E-state index is 0.0882. The highest BCUT2D eigenvalue weighted by Crippen LogP contribution is 2.46. The molecule has 1 aliphatic heterocycles. The first kappa shape index (κ1) is 21.7. The number of rotatable bonds is 2. The van der Waals surface area contributed by atoms with Crippen LogP contribution in [-0.2, 0) is 17.4 Å². The molecule has 6 heteroatoms. The summed E-state index contributed by atoms with van der Waals surface area (Å²) in [6.45, 7) is 19.7. The van der Waals surface area contributed by atoms with Gasteiger partial charge >= 0.3 is 0 Å². The van der Waals surface area contributed by atoms with Crippen LogP contribution < -0.4 is 5.32 Å². The quantitative estimate of drug-likeness (QED) is 0.505. The van der Waals surface area contributed by atoms with E-state index >= 15 is 0 Å². The number of piperidine rings is 1. The Labute approximate surface area is 183 Å². The summed E-state index contributed by atoms with van der Waals surface area (Å²) in [4.78, 5) is 12.8. The molecule has 4 nitrogen and oxygen atoms in total. The molecule has 1 aromatic carbocycles. The maximum atomic E-state index is 13.5. The van der Waals surface area contributed by atoms with Crippen molar-refractivity contribution in [2.75, 3.05) is 6.54 Å². The lowest BCUT2D eigenvalue weighted by atomic mass is 9.75. The maximum Gasteiger partial charge on any atom is 0.227 e. The standard InChI is InChI=1S/C24H34N2O2SSi/c1-15-12-18-17-10-9-11-20-22(17)19(23(30(6,7)8)26(20)16(2)27)13-21(18)25(14-15)29(28)24(3,4)5/h9-11,18,21H,1,12-14H2,2-8H3/t18-,21-,29?/m1/s1. The summed E-state index contributed by atoms with van der Waals surface area (Å²) in [7, 11) is -2.91. The first-order valence-corrected chi connectivity index (χ1v) is 15.5. The van der Waals surface area contributed by atoms with Crippen LogP contribution in [0.5, 0.6) is 0 Å². The van der Waals surface area contributed by atoms with Crippen molar-refractivity contribution in [2.45, 2.75) is 76.9 Å². The van der Waals surface area contributed by atoms with Gasteiger partial charge in [0.1, 0.15) is 11.0 Å². The van der Waals surface area contributed by atoms with Crippen LogP contribution in [0.25, 0.3) is 10.9 Å². The Kier molecular flexibility index (Phi) is 5.07. The minimum Gasteiger partial charge on any atom is -0.288 e. The van der Waals surface area contributed by atoms with E-state index in [1.54, 1.807) is 6.92 Å². The summed E-state index contributed by atoms with van der Waals surface area (Å²) in [6, 6.07) is 6.57. The van der Waals surface area contributed by atoms with Gasteiger partial charge in [-0.05, 0) is 50.8 Å². The van der Waals surface area contributed by atoms with Crippen LogP contribution >= 0.6 is 0 Å². The van der Waals surface area contributed by atoms with E-state index in [1.165, 1.54) is 21.8 Å². The highest BCUT2D eigenvalue weighted by atomic mass is 32.2. The van der Waals surface area contributed by atoms with E-state index in [9.17, 15) is 9.00 Å². The lowest BCUT2D eigenvalue weighted by Crippen LogP contribution is -2.53. The second-order valence-electron chi connectivity index (χ2n) is 10.9. The number of nitrogens with zero attached hydrogens (tertiary/aromatic N) is 2. The molecular weight excluding hydrogens is 408 g/mol. The van der Waals surface area contributed by atoms with E-state index in [0.717, 1.165) is 23.9 Å². The molecule has 1 saturated heterocycles. The van der Waals surface area contributed by atoms with Crippen molar-refractivity contribution >= 4 is 41.2 Å². The van der Waals surface area contributed by atoms with E-state index in [4.69, 9.17) is 0 Å². The van der Waals surface area contributed by atoms with Crippen molar-refractivity contribution in [1.29, 1.82) is 0 Å². The van der Waals surface area contributed by atoms with Crippen LogP contribution in [0.15, 0.2) is 30.4 Å². The van der Waals surface area contributed by atoms with Gasteiger partial charge in [0, 0.05) is 36.1 Å². The molecule has 2 aliphatic rings. The van der Waals surface area contributed by atoms with Gasteiger partial charge in [-0.25, -0.2) is 8.51 Å². The molecule has 0 bridgehead atoms. The largest absolute Gasteiger partial charge is 0.288 e. The third-order valence-electron chi connectivity index (χ3n) is 6.42. The highest BCUT2D eigenvalue weighted by Gasteiger charge is 2.45. The fourth-order valence-corrected chi connectivity index (χ4v) is 8.97. The second kappa shape index (κ2) is 7.00. The average molecular weight is 443 g/mol. The Morgan fingerprint density at radius 2 is 1.87 bits per heavy atom. The van der Waals surface area contributed by atoms with Crippen LogP contribution in [0.4, 0.5) is 0 Å². The lowest BCUT2D eigenvalue weighted by molar-refractivity contribution is 0.0944. The van der Waals surface area contributed by atoms with Crippen molar-refractivity contribution < 1.29 is 9.00 Å². The third-order valence-corrected chi connectivity index (χ3v) is 10.2. The maximum absolute atomic E-state index is 13.5. The fourth-order valence-electron chi connectivity index (χ4n) is 5.42. The number of benzene rings is 1.